The number of rotatable bonds is 1. The minimum absolute atomic E-state index is 0.00403. The van der Waals surface area contributed by atoms with E-state index in [1.54, 1.807) is 6.07 Å². The first kappa shape index (κ1) is 10.2. The third kappa shape index (κ3) is 2.02. The molecule has 2 rings (SSSR count). The maximum absolute atomic E-state index is 13.6. The van der Waals surface area contributed by atoms with Crippen molar-refractivity contribution in [3.63, 3.8) is 0 Å². The van der Waals surface area contributed by atoms with Gasteiger partial charge in [0, 0.05) is 5.92 Å². The highest BCUT2D eigenvalue weighted by Crippen LogP contribution is 2.38. The van der Waals surface area contributed by atoms with Gasteiger partial charge in [-0.15, -0.1) is 0 Å². The molecule has 15 heavy (non-hydrogen) atoms. The molecular formula is C13H14FN. The average Bonchev–Trinajstić information content (AvgIpc) is 2.30. The molecule has 1 aromatic rings. The topological polar surface area (TPSA) is 23.8 Å². The minimum Gasteiger partial charge on any atom is -0.207 e. The van der Waals surface area contributed by atoms with Gasteiger partial charge in [-0.2, -0.15) is 5.26 Å². The van der Waals surface area contributed by atoms with Gasteiger partial charge in [-0.1, -0.05) is 31.0 Å². The quantitative estimate of drug-likeness (QED) is 0.683. The molecule has 78 valence electrons. The van der Waals surface area contributed by atoms with Gasteiger partial charge in [0.05, 0.1) is 12.0 Å². The minimum atomic E-state index is -0.162. The molecule has 0 bridgehead atoms. The van der Waals surface area contributed by atoms with Gasteiger partial charge >= 0.3 is 0 Å². The zero-order valence-corrected chi connectivity index (χ0v) is 8.62. The molecule has 0 heterocycles. The lowest BCUT2D eigenvalue weighted by Gasteiger charge is -2.27. The molecule has 1 nitrogen and oxygen atoms in total. The zero-order chi connectivity index (χ0) is 10.7. The molecule has 0 N–H and O–H groups in total. The Morgan fingerprint density at radius 3 is 2.67 bits per heavy atom. The fraction of sp³-hybridized carbons (Fsp3) is 0.462. The largest absolute Gasteiger partial charge is 0.207 e. The number of benzene rings is 1. The van der Waals surface area contributed by atoms with E-state index in [9.17, 15) is 4.39 Å². The van der Waals surface area contributed by atoms with Crippen molar-refractivity contribution in [1.82, 2.24) is 0 Å². The summed E-state index contributed by atoms with van der Waals surface area (Å²) in [6.45, 7) is 0. The van der Waals surface area contributed by atoms with Gasteiger partial charge in [0.1, 0.15) is 5.82 Å². The summed E-state index contributed by atoms with van der Waals surface area (Å²) in [7, 11) is 0. The Bertz CT molecular complexity index is 380. The van der Waals surface area contributed by atoms with Gasteiger partial charge in [0.25, 0.3) is 0 Å². The molecule has 1 aromatic carbocycles. The molecule has 1 aliphatic carbocycles. The van der Waals surface area contributed by atoms with Crippen molar-refractivity contribution in [3.8, 4) is 6.07 Å². The van der Waals surface area contributed by atoms with E-state index in [1.807, 2.05) is 12.1 Å². The van der Waals surface area contributed by atoms with E-state index in [2.05, 4.69) is 6.07 Å². The molecule has 0 aliphatic heterocycles. The van der Waals surface area contributed by atoms with E-state index >= 15 is 0 Å². The van der Waals surface area contributed by atoms with E-state index in [0.29, 0.717) is 0 Å². The number of nitrogens with zero attached hydrogens (tertiary/aromatic N) is 1. The Labute approximate surface area is 89.5 Å². The summed E-state index contributed by atoms with van der Waals surface area (Å²) >= 11 is 0. The lowest BCUT2D eigenvalue weighted by atomic mass is 9.76. The first-order valence-corrected chi connectivity index (χ1v) is 5.47. The van der Waals surface area contributed by atoms with Crippen molar-refractivity contribution < 1.29 is 4.39 Å². The lowest BCUT2D eigenvalue weighted by molar-refractivity contribution is 0.360. The molecule has 0 saturated heterocycles. The summed E-state index contributed by atoms with van der Waals surface area (Å²) in [4.78, 5) is 0. The molecule has 2 heteroatoms. The number of hydrogen-bond acceptors (Lipinski definition) is 1. The van der Waals surface area contributed by atoms with Crippen LogP contribution in [-0.2, 0) is 0 Å². The van der Waals surface area contributed by atoms with Crippen LogP contribution in [0.25, 0.3) is 0 Å². The van der Waals surface area contributed by atoms with E-state index in [-0.39, 0.29) is 17.7 Å². The molecule has 0 amide bonds. The molecule has 2 unspecified atom stereocenters. The Balaban J connectivity index is 2.29. The van der Waals surface area contributed by atoms with Crippen molar-refractivity contribution in [3.05, 3.63) is 35.6 Å². The molecule has 1 aliphatic rings. The Hall–Kier alpha value is -1.36. The molecule has 0 radical (unpaired) electrons. The fourth-order valence-corrected chi connectivity index (χ4v) is 2.43. The van der Waals surface area contributed by atoms with Crippen molar-refractivity contribution >= 4 is 0 Å². The summed E-state index contributed by atoms with van der Waals surface area (Å²) < 4.78 is 13.6. The molecular weight excluding hydrogens is 189 g/mol. The predicted octanol–water partition coefficient (Wildman–Crippen LogP) is 3.62. The summed E-state index contributed by atoms with van der Waals surface area (Å²) in [6.07, 6.45) is 4.06. The molecule has 0 spiro atoms. The van der Waals surface area contributed by atoms with Crippen LogP contribution in [0.15, 0.2) is 24.3 Å². The fourth-order valence-electron chi connectivity index (χ4n) is 2.43. The second-order valence-electron chi connectivity index (χ2n) is 4.15. The van der Waals surface area contributed by atoms with E-state index < -0.39 is 0 Å². The van der Waals surface area contributed by atoms with Crippen LogP contribution in [0.4, 0.5) is 4.39 Å². The van der Waals surface area contributed by atoms with Gasteiger partial charge < -0.3 is 0 Å². The van der Waals surface area contributed by atoms with Crippen LogP contribution in [0.5, 0.6) is 0 Å². The van der Waals surface area contributed by atoms with Crippen molar-refractivity contribution in [2.75, 3.05) is 0 Å². The van der Waals surface area contributed by atoms with Crippen LogP contribution in [-0.4, -0.2) is 0 Å². The Kier molecular flexibility index (Phi) is 3.01. The second kappa shape index (κ2) is 4.44. The third-order valence-electron chi connectivity index (χ3n) is 3.24. The van der Waals surface area contributed by atoms with Gasteiger partial charge in [-0.25, -0.2) is 4.39 Å². The molecule has 1 fully saturated rings. The number of halogens is 1. The first-order chi connectivity index (χ1) is 7.33. The van der Waals surface area contributed by atoms with Crippen LogP contribution in [0.3, 0.4) is 0 Å². The molecule has 1 saturated carbocycles. The van der Waals surface area contributed by atoms with Gasteiger partial charge in [-0.3, -0.25) is 0 Å². The number of nitriles is 1. The Morgan fingerprint density at radius 2 is 1.93 bits per heavy atom. The molecule has 0 aromatic heterocycles. The smallest absolute Gasteiger partial charge is 0.126 e. The second-order valence-corrected chi connectivity index (χ2v) is 4.15. The summed E-state index contributed by atoms with van der Waals surface area (Å²) in [6, 6.07) is 9.16. The van der Waals surface area contributed by atoms with Gasteiger partial charge in [0.15, 0.2) is 0 Å². The maximum atomic E-state index is 13.6. The van der Waals surface area contributed by atoms with Crippen LogP contribution in [0.1, 0.15) is 37.2 Å². The van der Waals surface area contributed by atoms with E-state index in [4.69, 9.17) is 5.26 Å². The maximum Gasteiger partial charge on any atom is 0.126 e. The van der Waals surface area contributed by atoms with Crippen LogP contribution >= 0.6 is 0 Å². The summed E-state index contributed by atoms with van der Waals surface area (Å²) in [5, 5.41) is 9.04. The van der Waals surface area contributed by atoms with Crippen LogP contribution < -0.4 is 0 Å². The molecule has 2 atom stereocenters. The standard InChI is InChI=1S/C13H14FN/c14-13-8-4-3-7-12(13)11-6-2-1-5-10(11)9-15/h3-4,7-8,10-11H,1-2,5-6H2. The summed E-state index contributed by atoms with van der Waals surface area (Å²) in [5.74, 6) is -0.0646. The lowest BCUT2D eigenvalue weighted by Crippen LogP contribution is -2.17. The van der Waals surface area contributed by atoms with E-state index in [1.165, 1.54) is 6.07 Å². The summed E-state index contributed by atoms with van der Waals surface area (Å²) in [5.41, 5.74) is 0.726. The van der Waals surface area contributed by atoms with Gasteiger partial charge in [0.2, 0.25) is 0 Å². The predicted molar refractivity (Wildman–Crippen MR) is 56.7 cm³/mol. The first-order valence-electron chi connectivity index (χ1n) is 5.47. The third-order valence-corrected chi connectivity index (χ3v) is 3.24. The van der Waals surface area contributed by atoms with Crippen molar-refractivity contribution in [2.45, 2.75) is 31.6 Å². The van der Waals surface area contributed by atoms with Crippen molar-refractivity contribution in [2.24, 2.45) is 5.92 Å². The van der Waals surface area contributed by atoms with Gasteiger partial charge in [-0.05, 0) is 24.5 Å². The van der Waals surface area contributed by atoms with Crippen LogP contribution in [0, 0.1) is 23.1 Å². The highest BCUT2D eigenvalue weighted by Gasteiger charge is 2.27. The highest BCUT2D eigenvalue weighted by molar-refractivity contribution is 5.24. The number of hydrogen-bond donors (Lipinski definition) is 0. The highest BCUT2D eigenvalue weighted by atomic mass is 19.1. The van der Waals surface area contributed by atoms with E-state index in [0.717, 1.165) is 31.2 Å². The zero-order valence-electron chi connectivity index (χ0n) is 8.62. The van der Waals surface area contributed by atoms with Crippen LogP contribution in [0.2, 0.25) is 0 Å². The van der Waals surface area contributed by atoms with Crippen molar-refractivity contribution in [1.29, 1.82) is 5.26 Å². The average molecular weight is 203 g/mol. The SMILES string of the molecule is N#CC1CCCCC1c1ccccc1F. The Morgan fingerprint density at radius 1 is 1.20 bits per heavy atom. The normalized spacial score (nSPS) is 25.9. The monoisotopic (exact) mass is 203 g/mol.